The highest BCUT2D eigenvalue weighted by Crippen LogP contribution is 2.37. The highest BCUT2D eigenvalue weighted by atomic mass is 32.2. The third kappa shape index (κ3) is 5.36. The highest BCUT2D eigenvalue weighted by Gasteiger charge is 2.33. The van der Waals surface area contributed by atoms with E-state index in [1.807, 2.05) is 13.0 Å². The van der Waals surface area contributed by atoms with Gasteiger partial charge in [0, 0.05) is 31.7 Å². The van der Waals surface area contributed by atoms with Crippen molar-refractivity contribution in [3.05, 3.63) is 31.9 Å². The zero-order valence-electron chi connectivity index (χ0n) is 20.1. The predicted molar refractivity (Wildman–Crippen MR) is 140 cm³/mol. The lowest BCUT2D eigenvalue weighted by Crippen LogP contribution is -2.40. The van der Waals surface area contributed by atoms with Crippen LogP contribution in [0, 0.1) is 24.2 Å². The van der Waals surface area contributed by atoms with Gasteiger partial charge in [0.1, 0.15) is 21.8 Å². The molecule has 1 aromatic heterocycles. The van der Waals surface area contributed by atoms with E-state index in [-0.39, 0.29) is 17.0 Å². The van der Waals surface area contributed by atoms with Crippen molar-refractivity contribution in [2.75, 3.05) is 24.5 Å². The summed E-state index contributed by atoms with van der Waals surface area (Å²) in [4.78, 5) is 31.0. The number of piperidine rings is 1. The minimum absolute atomic E-state index is 0.0828. The van der Waals surface area contributed by atoms with Gasteiger partial charge in [0.15, 0.2) is 0 Å². The van der Waals surface area contributed by atoms with Gasteiger partial charge in [-0.1, -0.05) is 57.6 Å². The van der Waals surface area contributed by atoms with Crippen LogP contribution in [0.15, 0.2) is 9.70 Å². The minimum Gasteiger partial charge on any atom is -0.357 e. The Hall–Kier alpha value is -2.11. The monoisotopic (exact) mass is 486 g/mol. The lowest BCUT2D eigenvalue weighted by molar-refractivity contribution is -0.122. The van der Waals surface area contributed by atoms with Crippen molar-refractivity contribution >= 4 is 46.1 Å². The smallest absolute Gasteiger partial charge is 0.270 e. The Morgan fingerprint density at radius 3 is 2.55 bits per heavy atom. The van der Waals surface area contributed by atoms with Gasteiger partial charge in [-0.05, 0) is 50.2 Å². The number of thiocarbonyl (C=S) groups is 1. The molecule has 0 bridgehead atoms. The van der Waals surface area contributed by atoms with E-state index in [1.54, 1.807) is 9.47 Å². The Labute approximate surface area is 206 Å². The van der Waals surface area contributed by atoms with Gasteiger partial charge in [0.05, 0.1) is 4.91 Å². The number of pyridine rings is 1. The first-order chi connectivity index (χ1) is 15.8. The Bertz CT molecular complexity index is 1050. The fraction of sp³-hybridized carbons (Fsp3) is 0.600. The average Bonchev–Trinajstić information content (AvgIpc) is 3.05. The largest absolute Gasteiger partial charge is 0.357 e. The summed E-state index contributed by atoms with van der Waals surface area (Å²) < 4.78 is 2.35. The summed E-state index contributed by atoms with van der Waals surface area (Å²) in [7, 11) is 0. The molecule has 1 amide bonds. The van der Waals surface area contributed by atoms with Crippen molar-refractivity contribution in [2.24, 2.45) is 5.92 Å². The van der Waals surface area contributed by atoms with Gasteiger partial charge in [-0.3, -0.25) is 19.1 Å². The quantitative estimate of drug-likeness (QED) is 0.378. The Morgan fingerprint density at radius 1 is 1.21 bits per heavy atom. The van der Waals surface area contributed by atoms with Crippen molar-refractivity contribution in [1.29, 1.82) is 5.26 Å². The minimum atomic E-state index is -0.232. The topological polar surface area (TPSA) is 69.3 Å². The van der Waals surface area contributed by atoms with Crippen LogP contribution in [-0.4, -0.2) is 39.3 Å². The van der Waals surface area contributed by atoms with E-state index in [2.05, 4.69) is 31.7 Å². The third-order valence-electron chi connectivity index (χ3n) is 6.42. The second-order valence-corrected chi connectivity index (χ2v) is 10.7. The first kappa shape index (κ1) is 25.5. The summed E-state index contributed by atoms with van der Waals surface area (Å²) in [5.74, 6) is 1.28. The molecule has 3 rings (SSSR count). The van der Waals surface area contributed by atoms with Gasteiger partial charge in [0.25, 0.3) is 11.5 Å². The highest BCUT2D eigenvalue weighted by molar-refractivity contribution is 8.26. The maximum atomic E-state index is 13.3. The van der Waals surface area contributed by atoms with Crippen LogP contribution >= 0.6 is 24.0 Å². The molecule has 0 saturated carbocycles. The number of anilines is 1. The average molecular weight is 487 g/mol. The molecule has 1 aromatic rings. The van der Waals surface area contributed by atoms with Gasteiger partial charge < -0.3 is 4.90 Å². The number of nitriles is 1. The standard InChI is InChI=1S/C25H34N4O2S2/c1-5-7-12-28-22(27-11-9-10-17(3)16-27)19(18(4)20(15-26)23(28)30)14-21-24(31)29(13-8-6-2)25(32)33-21/h14,17H,5-13,16H2,1-4H3/b21-14+. The first-order valence-electron chi connectivity index (χ1n) is 12.0. The Morgan fingerprint density at radius 2 is 1.91 bits per heavy atom. The van der Waals surface area contributed by atoms with Crippen LogP contribution in [0.3, 0.4) is 0 Å². The number of hydrogen-bond donors (Lipinski definition) is 0. The van der Waals surface area contributed by atoms with Crippen LogP contribution in [0.4, 0.5) is 5.82 Å². The second-order valence-electron chi connectivity index (χ2n) is 9.04. The molecule has 0 aliphatic carbocycles. The van der Waals surface area contributed by atoms with Crippen molar-refractivity contribution in [3.8, 4) is 6.07 Å². The molecule has 0 N–H and O–H groups in total. The second kappa shape index (κ2) is 11.3. The number of rotatable bonds is 8. The van der Waals surface area contributed by atoms with Crippen LogP contribution in [0.2, 0.25) is 0 Å². The molecular formula is C25H34N4O2S2. The zero-order chi connectivity index (χ0) is 24.1. The fourth-order valence-electron chi connectivity index (χ4n) is 4.53. The van der Waals surface area contributed by atoms with Gasteiger partial charge in [-0.25, -0.2) is 0 Å². The van der Waals surface area contributed by atoms with Crippen molar-refractivity contribution in [1.82, 2.24) is 9.47 Å². The summed E-state index contributed by atoms with van der Waals surface area (Å²) in [6, 6.07) is 2.13. The maximum absolute atomic E-state index is 13.3. The zero-order valence-corrected chi connectivity index (χ0v) is 21.8. The summed E-state index contributed by atoms with van der Waals surface area (Å²) in [5.41, 5.74) is 1.37. The fourth-order valence-corrected chi connectivity index (χ4v) is 5.82. The predicted octanol–water partition coefficient (Wildman–Crippen LogP) is 5.07. The molecule has 33 heavy (non-hydrogen) atoms. The van der Waals surface area contributed by atoms with Crippen molar-refractivity contribution in [2.45, 2.75) is 72.8 Å². The number of nitrogens with zero attached hydrogens (tertiary/aromatic N) is 4. The molecule has 1 atom stereocenters. The molecule has 2 saturated heterocycles. The van der Waals surface area contributed by atoms with E-state index in [4.69, 9.17) is 12.2 Å². The number of thioether (sulfide) groups is 1. The molecule has 1 unspecified atom stereocenters. The molecule has 0 aromatic carbocycles. The molecule has 2 fully saturated rings. The molecule has 6 nitrogen and oxygen atoms in total. The number of amides is 1. The van der Waals surface area contributed by atoms with E-state index in [0.29, 0.717) is 33.8 Å². The molecule has 3 heterocycles. The van der Waals surface area contributed by atoms with E-state index in [9.17, 15) is 14.9 Å². The molecule has 2 aliphatic rings. The number of aromatic nitrogens is 1. The summed E-state index contributed by atoms with van der Waals surface area (Å²) in [6.45, 7) is 11.1. The van der Waals surface area contributed by atoms with Crippen molar-refractivity contribution in [3.63, 3.8) is 0 Å². The third-order valence-corrected chi connectivity index (χ3v) is 7.80. The molecular weight excluding hydrogens is 452 g/mol. The van der Waals surface area contributed by atoms with Gasteiger partial charge >= 0.3 is 0 Å². The van der Waals surface area contributed by atoms with Crippen LogP contribution in [0.1, 0.15) is 76.0 Å². The molecule has 2 aliphatic heterocycles. The van der Waals surface area contributed by atoms with Gasteiger partial charge in [0.2, 0.25) is 0 Å². The van der Waals surface area contributed by atoms with E-state index < -0.39 is 0 Å². The normalized spacial score (nSPS) is 20.1. The Kier molecular flexibility index (Phi) is 8.77. The molecule has 178 valence electrons. The Balaban J connectivity index is 2.20. The van der Waals surface area contributed by atoms with E-state index in [1.165, 1.54) is 11.8 Å². The maximum Gasteiger partial charge on any atom is 0.270 e. The first-order valence-corrected chi connectivity index (χ1v) is 13.2. The number of carbonyl (C=O) groups excluding carboxylic acids is 1. The van der Waals surface area contributed by atoms with E-state index in [0.717, 1.165) is 63.0 Å². The van der Waals surface area contributed by atoms with Crippen LogP contribution < -0.4 is 10.5 Å². The lowest BCUT2D eigenvalue weighted by Gasteiger charge is -2.36. The molecule has 0 radical (unpaired) electrons. The SMILES string of the molecule is CCCCN1C(=O)/C(=C\c2c(C)c(C#N)c(=O)n(CCCC)c2N2CCCC(C)C2)SC1=S. The van der Waals surface area contributed by atoms with Crippen LogP contribution in [0.5, 0.6) is 0 Å². The summed E-state index contributed by atoms with van der Waals surface area (Å²) in [6.07, 6.45) is 7.78. The number of hydrogen-bond acceptors (Lipinski definition) is 6. The van der Waals surface area contributed by atoms with E-state index >= 15 is 0 Å². The van der Waals surface area contributed by atoms with Gasteiger partial charge in [-0.15, -0.1) is 0 Å². The number of unbranched alkanes of at least 4 members (excludes halogenated alkanes) is 2. The van der Waals surface area contributed by atoms with Gasteiger partial charge in [-0.2, -0.15) is 5.26 Å². The van der Waals surface area contributed by atoms with Crippen LogP contribution in [-0.2, 0) is 11.3 Å². The van der Waals surface area contributed by atoms with Crippen molar-refractivity contribution < 1.29 is 4.79 Å². The number of carbonyl (C=O) groups is 1. The summed E-state index contributed by atoms with van der Waals surface area (Å²) in [5, 5.41) is 9.81. The lowest BCUT2D eigenvalue weighted by atomic mass is 9.98. The summed E-state index contributed by atoms with van der Waals surface area (Å²) >= 11 is 6.81. The molecule has 0 spiro atoms. The molecule has 8 heteroatoms. The van der Waals surface area contributed by atoms with Crippen LogP contribution in [0.25, 0.3) is 6.08 Å².